The second-order valence-corrected chi connectivity index (χ2v) is 4.22. The lowest BCUT2D eigenvalue weighted by atomic mass is 10.2. The summed E-state index contributed by atoms with van der Waals surface area (Å²) in [5.41, 5.74) is 7.26. The summed E-state index contributed by atoms with van der Waals surface area (Å²) in [5.74, 6) is 0. The van der Waals surface area contributed by atoms with E-state index in [2.05, 4.69) is 5.32 Å². The van der Waals surface area contributed by atoms with E-state index in [-0.39, 0.29) is 12.1 Å². The number of β-amino-alcohol motifs (C(OH)–C–C–N with tert-alkyl or cyclic N) is 1. The van der Waals surface area contributed by atoms with Gasteiger partial charge in [-0.3, -0.25) is 0 Å². The van der Waals surface area contributed by atoms with Crippen molar-refractivity contribution >= 4 is 11.7 Å². The standard InChI is InChI=1S/C12H17N3O2/c13-7-9-1-3-10(4-2-9)14-12(17)15-6-5-11(16)8-15/h1-4,11,16H,5-8,13H2,(H,14,17). The largest absolute Gasteiger partial charge is 0.391 e. The highest BCUT2D eigenvalue weighted by molar-refractivity contribution is 5.89. The summed E-state index contributed by atoms with van der Waals surface area (Å²) in [6.45, 7) is 1.51. The number of aliphatic hydroxyl groups is 1. The number of likely N-dealkylation sites (tertiary alicyclic amines) is 1. The summed E-state index contributed by atoms with van der Waals surface area (Å²) in [7, 11) is 0. The van der Waals surface area contributed by atoms with Crippen molar-refractivity contribution in [2.75, 3.05) is 18.4 Å². The highest BCUT2D eigenvalue weighted by atomic mass is 16.3. The third kappa shape index (κ3) is 2.95. The normalized spacial score (nSPS) is 19.4. The monoisotopic (exact) mass is 235 g/mol. The van der Waals surface area contributed by atoms with Crippen molar-refractivity contribution in [2.45, 2.75) is 19.1 Å². The molecule has 0 bridgehead atoms. The van der Waals surface area contributed by atoms with E-state index in [9.17, 15) is 9.90 Å². The highest BCUT2D eigenvalue weighted by Crippen LogP contribution is 2.13. The molecule has 1 aromatic rings. The van der Waals surface area contributed by atoms with E-state index in [0.29, 0.717) is 26.1 Å². The van der Waals surface area contributed by atoms with Crippen molar-refractivity contribution in [3.8, 4) is 0 Å². The van der Waals surface area contributed by atoms with Crippen LogP contribution in [0.15, 0.2) is 24.3 Å². The maximum Gasteiger partial charge on any atom is 0.321 e. The lowest BCUT2D eigenvalue weighted by molar-refractivity contribution is 0.176. The van der Waals surface area contributed by atoms with Crippen LogP contribution in [0.4, 0.5) is 10.5 Å². The zero-order chi connectivity index (χ0) is 12.3. The number of urea groups is 1. The molecule has 1 heterocycles. The maximum atomic E-state index is 11.8. The van der Waals surface area contributed by atoms with Crippen LogP contribution in [0.5, 0.6) is 0 Å². The molecule has 0 spiro atoms. The molecule has 1 aromatic carbocycles. The second-order valence-electron chi connectivity index (χ2n) is 4.22. The first-order chi connectivity index (χ1) is 8.19. The molecule has 2 rings (SSSR count). The summed E-state index contributed by atoms with van der Waals surface area (Å²) in [6, 6.07) is 7.25. The Labute approximate surface area is 100 Å². The highest BCUT2D eigenvalue weighted by Gasteiger charge is 2.24. The van der Waals surface area contributed by atoms with E-state index in [1.54, 1.807) is 4.90 Å². The number of carbonyl (C=O) groups is 1. The van der Waals surface area contributed by atoms with Gasteiger partial charge in [0.2, 0.25) is 0 Å². The molecule has 5 nitrogen and oxygen atoms in total. The summed E-state index contributed by atoms with van der Waals surface area (Å²) in [5, 5.41) is 12.1. The Hall–Kier alpha value is -1.59. The molecule has 1 aliphatic rings. The molecular weight excluding hydrogens is 218 g/mol. The van der Waals surface area contributed by atoms with Gasteiger partial charge in [-0.1, -0.05) is 12.1 Å². The number of benzene rings is 1. The van der Waals surface area contributed by atoms with Crippen LogP contribution in [0.1, 0.15) is 12.0 Å². The number of hydrogen-bond acceptors (Lipinski definition) is 3. The quantitative estimate of drug-likeness (QED) is 0.707. The summed E-state index contributed by atoms with van der Waals surface area (Å²) < 4.78 is 0. The van der Waals surface area contributed by atoms with E-state index in [4.69, 9.17) is 5.73 Å². The van der Waals surface area contributed by atoms with Crippen LogP contribution in [-0.4, -0.2) is 35.2 Å². The number of carbonyl (C=O) groups excluding carboxylic acids is 1. The molecular formula is C12H17N3O2. The van der Waals surface area contributed by atoms with Gasteiger partial charge in [0.25, 0.3) is 0 Å². The number of hydrogen-bond donors (Lipinski definition) is 3. The number of rotatable bonds is 2. The van der Waals surface area contributed by atoms with Gasteiger partial charge in [-0.25, -0.2) is 4.79 Å². The van der Waals surface area contributed by atoms with E-state index >= 15 is 0 Å². The number of anilines is 1. The fourth-order valence-electron chi connectivity index (χ4n) is 1.85. The third-order valence-corrected chi connectivity index (χ3v) is 2.89. The summed E-state index contributed by atoms with van der Waals surface area (Å²) >= 11 is 0. The van der Waals surface area contributed by atoms with Gasteiger partial charge >= 0.3 is 6.03 Å². The second kappa shape index (κ2) is 5.16. The molecule has 4 N–H and O–H groups in total. The predicted octanol–water partition coefficient (Wildman–Crippen LogP) is 0.744. The van der Waals surface area contributed by atoms with Gasteiger partial charge in [-0.15, -0.1) is 0 Å². The van der Waals surface area contributed by atoms with Crippen molar-refractivity contribution in [1.82, 2.24) is 4.90 Å². The molecule has 1 aliphatic heterocycles. The Morgan fingerprint density at radius 2 is 2.18 bits per heavy atom. The van der Waals surface area contributed by atoms with Crippen LogP contribution in [0, 0.1) is 0 Å². The first-order valence-electron chi connectivity index (χ1n) is 5.72. The van der Waals surface area contributed by atoms with Crippen molar-refractivity contribution in [3.63, 3.8) is 0 Å². The van der Waals surface area contributed by atoms with Crippen LogP contribution in [0.2, 0.25) is 0 Å². The van der Waals surface area contributed by atoms with Gasteiger partial charge in [0, 0.05) is 25.3 Å². The molecule has 0 radical (unpaired) electrons. The minimum absolute atomic E-state index is 0.165. The number of amides is 2. The van der Waals surface area contributed by atoms with Gasteiger partial charge in [-0.2, -0.15) is 0 Å². The van der Waals surface area contributed by atoms with Crippen LogP contribution < -0.4 is 11.1 Å². The number of nitrogens with one attached hydrogen (secondary N) is 1. The molecule has 2 amide bonds. The minimum Gasteiger partial charge on any atom is -0.391 e. The van der Waals surface area contributed by atoms with Gasteiger partial charge in [0.05, 0.1) is 6.10 Å². The minimum atomic E-state index is -0.389. The fraction of sp³-hybridized carbons (Fsp3) is 0.417. The van der Waals surface area contributed by atoms with E-state index in [1.165, 1.54) is 0 Å². The Kier molecular flexibility index (Phi) is 3.61. The number of nitrogens with two attached hydrogens (primary N) is 1. The Balaban J connectivity index is 1.93. The number of aliphatic hydroxyl groups excluding tert-OH is 1. The van der Waals surface area contributed by atoms with Crippen LogP contribution in [-0.2, 0) is 6.54 Å². The van der Waals surface area contributed by atoms with E-state index in [1.807, 2.05) is 24.3 Å². The summed E-state index contributed by atoms with van der Waals surface area (Å²) in [4.78, 5) is 13.4. The van der Waals surface area contributed by atoms with Crippen molar-refractivity contribution < 1.29 is 9.90 Å². The Morgan fingerprint density at radius 3 is 2.71 bits per heavy atom. The zero-order valence-corrected chi connectivity index (χ0v) is 9.60. The van der Waals surface area contributed by atoms with Crippen LogP contribution in [0.3, 0.4) is 0 Å². The topological polar surface area (TPSA) is 78.6 Å². The average molecular weight is 235 g/mol. The molecule has 0 saturated carbocycles. The molecule has 17 heavy (non-hydrogen) atoms. The molecule has 1 unspecified atom stereocenters. The molecule has 1 fully saturated rings. The predicted molar refractivity (Wildman–Crippen MR) is 65.5 cm³/mol. The molecule has 0 aromatic heterocycles. The van der Waals surface area contributed by atoms with E-state index < -0.39 is 0 Å². The van der Waals surface area contributed by atoms with Gasteiger partial charge < -0.3 is 21.1 Å². The average Bonchev–Trinajstić information content (AvgIpc) is 2.77. The van der Waals surface area contributed by atoms with Gasteiger partial charge in [0.15, 0.2) is 0 Å². The van der Waals surface area contributed by atoms with Crippen molar-refractivity contribution in [2.24, 2.45) is 5.73 Å². The third-order valence-electron chi connectivity index (χ3n) is 2.89. The zero-order valence-electron chi connectivity index (χ0n) is 9.60. The smallest absolute Gasteiger partial charge is 0.321 e. The van der Waals surface area contributed by atoms with Crippen LogP contribution >= 0.6 is 0 Å². The van der Waals surface area contributed by atoms with Gasteiger partial charge in [0.1, 0.15) is 0 Å². The fourth-order valence-corrected chi connectivity index (χ4v) is 1.85. The summed E-state index contributed by atoms with van der Waals surface area (Å²) in [6.07, 6.45) is 0.264. The van der Waals surface area contributed by atoms with E-state index in [0.717, 1.165) is 11.3 Å². The molecule has 5 heteroatoms. The first kappa shape index (κ1) is 11.9. The SMILES string of the molecule is NCc1ccc(NC(=O)N2CCC(O)C2)cc1. The molecule has 1 atom stereocenters. The lowest BCUT2D eigenvalue weighted by Crippen LogP contribution is -2.33. The van der Waals surface area contributed by atoms with Crippen molar-refractivity contribution in [3.05, 3.63) is 29.8 Å². The Bertz CT molecular complexity index is 391. The maximum absolute atomic E-state index is 11.8. The van der Waals surface area contributed by atoms with Crippen LogP contribution in [0.25, 0.3) is 0 Å². The molecule has 92 valence electrons. The Morgan fingerprint density at radius 1 is 1.47 bits per heavy atom. The van der Waals surface area contributed by atoms with Gasteiger partial charge in [-0.05, 0) is 24.1 Å². The first-order valence-corrected chi connectivity index (χ1v) is 5.72. The molecule has 1 saturated heterocycles. The molecule has 0 aliphatic carbocycles. The lowest BCUT2D eigenvalue weighted by Gasteiger charge is -2.16. The number of nitrogens with zero attached hydrogens (tertiary/aromatic N) is 1. The van der Waals surface area contributed by atoms with Crippen molar-refractivity contribution in [1.29, 1.82) is 0 Å².